The van der Waals surface area contributed by atoms with E-state index in [1.807, 2.05) is 6.92 Å². The fourth-order valence-corrected chi connectivity index (χ4v) is 2.15. The maximum atomic E-state index is 5.16. The molecule has 3 nitrogen and oxygen atoms in total. The Morgan fingerprint density at radius 3 is 2.69 bits per heavy atom. The van der Waals surface area contributed by atoms with Crippen LogP contribution in [-0.2, 0) is 6.54 Å². The van der Waals surface area contributed by atoms with Crippen LogP contribution in [0.4, 0.5) is 0 Å². The summed E-state index contributed by atoms with van der Waals surface area (Å²) in [4.78, 5) is 0. The minimum atomic E-state index is 0.465. The fraction of sp³-hybridized carbons (Fsp3) is 0.778. The molecule has 0 unspecified atom stereocenters. The van der Waals surface area contributed by atoms with Crippen LogP contribution in [0.25, 0.3) is 0 Å². The van der Waals surface area contributed by atoms with Crippen molar-refractivity contribution in [3.8, 4) is 0 Å². The maximum absolute atomic E-state index is 5.16. The first-order valence-corrected chi connectivity index (χ1v) is 5.13. The Morgan fingerprint density at radius 2 is 2.31 bits per heavy atom. The lowest BCUT2D eigenvalue weighted by atomic mass is 9.70. The van der Waals surface area contributed by atoms with Gasteiger partial charge in [0.15, 0.2) is 4.77 Å². The van der Waals surface area contributed by atoms with Crippen molar-refractivity contribution in [2.24, 2.45) is 5.41 Å². The number of nitrogens with one attached hydrogen (secondary N) is 1. The van der Waals surface area contributed by atoms with Crippen LogP contribution in [0.5, 0.6) is 0 Å². The van der Waals surface area contributed by atoms with Crippen molar-refractivity contribution < 1.29 is 0 Å². The summed E-state index contributed by atoms with van der Waals surface area (Å²) in [5.41, 5.74) is 0.465. The predicted octanol–water partition coefficient (Wildman–Crippen LogP) is 2.44. The molecule has 1 saturated carbocycles. The predicted molar refractivity (Wildman–Crippen MR) is 54.1 cm³/mol. The molecule has 0 amide bonds. The summed E-state index contributed by atoms with van der Waals surface area (Å²) in [6.45, 7) is 5.34. The van der Waals surface area contributed by atoms with Crippen LogP contribution in [0.2, 0.25) is 0 Å². The smallest absolute Gasteiger partial charge is 0.195 e. The van der Waals surface area contributed by atoms with Crippen molar-refractivity contribution in [2.75, 3.05) is 0 Å². The molecule has 0 bridgehead atoms. The van der Waals surface area contributed by atoms with Gasteiger partial charge < -0.3 is 4.57 Å². The van der Waals surface area contributed by atoms with Crippen LogP contribution in [0.1, 0.15) is 32.0 Å². The second kappa shape index (κ2) is 2.94. The molecule has 1 aromatic heterocycles. The lowest BCUT2D eigenvalue weighted by molar-refractivity contribution is 0.130. The zero-order chi connectivity index (χ0) is 9.47. The third-order valence-corrected chi connectivity index (χ3v) is 3.36. The van der Waals surface area contributed by atoms with Crippen LogP contribution in [0, 0.1) is 17.1 Å². The number of hydrogen-bond acceptors (Lipinski definition) is 2. The molecule has 0 spiro atoms. The third-order valence-electron chi connectivity index (χ3n) is 3.05. The summed E-state index contributed by atoms with van der Waals surface area (Å²) >= 11 is 5.16. The van der Waals surface area contributed by atoms with Gasteiger partial charge in [0.1, 0.15) is 5.82 Å². The highest BCUT2D eigenvalue weighted by Gasteiger charge is 2.32. The molecular weight excluding hydrogens is 182 g/mol. The zero-order valence-corrected chi connectivity index (χ0v) is 8.95. The van der Waals surface area contributed by atoms with E-state index in [1.54, 1.807) is 0 Å². The maximum Gasteiger partial charge on any atom is 0.195 e. The van der Waals surface area contributed by atoms with Crippen molar-refractivity contribution in [1.82, 2.24) is 14.8 Å². The van der Waals surface area contributed by atoms with Gasteiger partial charge in [-0.3, -0.25) is 5.10 Å². The quantitative estimate of drug-likeness (QED) is 0.739. The lowest BCUT2D eigenvalue weighted by Crippen LogP contribution is -2.31. The Morgan fingerprint density at radius 1 is 1.62 bits per heavy atom. The lowest BCUT2D eigenvalue weighted by Gasteiger charge is -2.38. The van der Waals surface area contributed by atoms with E-state index in [1.165, 1.54) is 19.3 Å². The molecule has 2 rings (SSSR count). The summed E-state index contributed by atoms with van der Waals surface area (Å²) in [7, 11) is 0. The molecule has 72 valence electrons. The van der Waals surface area contributed by atoms with Crippen LogP contribution >= 0.6 is 12.2 Å². The fourth-order valence-electron chi connectivity index (χ4n) is 1.90. The normalized spacial score (nSPS) is 19.8. The Kier molecular flexibility index (Phi) is 2.02. The minimum absolute atomic E-state index is 0.465. The zero-order valence-electron chi connectivity index (χ0n) is 8.13. The minimum Gasteiger partial charge on any atom is -0.304 e. The standard InChI is InChI=1S/C9H15N3S/c1-7-10-11-8(13)12(7)6-9(2)4-3-5-9/h3-6H2,1-2H3,(H,11,13). The largest absolute Gasteiger partial charge is 0.304 e. The molecule has 0 aliphatic heterocycles. The molecule has 1 N–H and O–H groups in total. The number of nitrogens with zero attached hydrogens (tertiary/aromatic N) is 2. The van der Waals surface area contributed by atoms with Crippen LogP contribution in [0.15, 0.2) is 0 Å². The van der Waals surface area contributed by atoms with E-state index in [2.05, 4.69) is 21.7 Å². The van der Waals surface area contributed by atoms with Crippen LogP contribution in [0.3, 0.4) is 0 Å². The van der Waals surface area contributed by atoms with Gasteiger partial charge in [-0.05, 0) is 37.4 Å². The first kappa shape index (κ1) is 8.94. The van der Waals surface area contributed by atoms with Gasteiger partial charge >= 0.3 is 0 Å². The number of aryl methyl sites for hydroxylation is 1. The second-order valence-corrected chi connectivity index (χ2v) is 4.71. The molecule has 0 aromatic carbocycles. The average molecular weight is 197 g/mol. The van der Waals surface area contributed by atoms with Crippen molar-refractivity contribution in [2.45, 2.75) is 39.7 Å². The highest BCUT2D eigenvalue weighted by atomic mass is 32.1. The molecular formula is C9H15N3S. The Balaban J connectivity index is 2.22. The van der Waals surface area contributed by atoms with Gasteiger partial charge in [0.25, 0.3) is 0 Å². The number of hydrogen-bond donors (Lipinski definition) is 1. The molecule has 1 aromatic rings. The molecule has 1 aliphatic rings. The molecule has 0 saturated heterocycles. The van der Waals surface area contributed by atoms with Gasteiger partial charge in [-0.25, -0.2) is 0 Å². The Bertz CT molecular complexity index is 359. The Labute approximate surface area is 83.2 Å². The molecule has 13 heavy (non-hydrogen) atoms. The summed E-state index contributed by atoms with van der Waals surface area (Å²) in [6, 6.07) is 0. The van der Waals surface area contributed by atoms with Crippen molar-refractivity contribution in [3.05, 3.63) is 10.6 Å². The van der Waals surface area contributed by atoms with Gasteiger partial charge in [-0.1, -0.05) is 13.3 Å². The summed E-state index contributed by atoms with van der Waals surface area (Å²) in [6.07, 6.45) is 4.00. The average Bonchev–Trinajstić information content (AvgIpc) is 2.33. The molecule has 4 heteroatoms. The number of H-pyrrole nitrogens is 1. The molecule has 1 fully saturated rings. The number of aromatic nitrogens is 3. The third kappa shape index (κ3) is 1.55. The number of rotatable bonds is 2. The summed E-state index contributed by atoms with van der Waals surface area (Å²) < 4.78 is 2.86. The topological polar surface area (TPSA) is 33.6 Å². The van der Waals surface area contributed by atoms with E-state index in [4.69, 9.17) is 12.2 Å². The summed E-state index contributed by atoms with van der Waals surface area (Å²) in [5, 5.41) is 6.93. The monoisotopic (exact) mass is 197 g/mol. The first-order chi connectivity index (χ1) is 6.11. The van der Waals surface area contributed by atoms with Gasteiger partial charge in [0, 0.05) is 6.54 Å². The van der Waals surface area contributed by atoms with Gasteiger partial charge in [0.2, 0.25) is 0 Å². The van der Waals surface area contributed by atoms with E-state index in [0.29, 0.717) is 5.41 Å². The van der Waals surface area contributed by atoms with E-state index >= 15 is 0 Å². The molecule has 0 radical (unpaired) electrons. The SMILES string of the molecule is Cc1n[nH]c(=S)n1CC1(C)CCC1. The second-order valence-electron chi connectivity index (χ2n) is 4.33. The van der Waals surface area contributed by atoms with Crippen LogP contribution < -0.4 is 0 Å². The molecule has 1 aliphatic carbocycles. The van der Waals surface area contributed by atoms with Crippen molar-refractivity contribution in [3.63, 3.8) is 0 Å². The van der Waals surface area contributed by atoms with Gasteiger partial charge in [0.05, 0.1) is 0 Å². The Hall–Kier alpha value is -0.640. The highest BCUT2D eigenvalue weighted by Crippen LogP contribution is 2.41. The van der Waals surface area contributed by atoms with Crippen molar-refractivity contribution >= 4 is 12.2 Å². The van der Waals surface area contributed by atoms with Gasteiger partial charge in [-0.15, -0.1) is 0 Å². The van der Waals surface area contributed by atoms with E-state index < -0.39 is 0 Å². The van der Waals surface area contributed by atoms with Crippen LogP contribution in [-0.4, -0.2) is 14.8 Å². The van der Waals surface area contributed by atoms with Gasteiger partial charge in [-0.2, -0.15) is 5.10 Å². The van der Waals surface area contributed by atoms with Crippen molar-refractivity contribution in [1.29, 1.82) is 0 Å². The molecule has 1 heterocycles. The highest BCUT2D eigenvalue weighted by molar-refractivity contribution is 7.71. The molecule has 0 atom stereocenters. The van der Waals surface area contributed by atoms with E-state index in [0.717, 1.165) is 17.1 Å². The van der Waals surface area contributed by atoms with E-state index in [9.17, 15) is 0 Å². The number of aromatic amines is 1. The van der Waals surface area contributed by atoms with E-state index in [-0.39, 0.29) is 0 Å². The summed E-state index contributed by atoms with van der Waals surface area (Å²) in [5.74, 6) is 0.998. The first-order valence-electron chi connectivity index (χ1n) is 4.73.